The molecule has 0 amide bonds. The number of halogens is 1. The minimum Gasteiger partial charge on any atom is -0.398 e. The maximum atomic E-state index is 6.01. The average Bonchev–Trinajstić information content (AvgIpc) is 2.40. The van der Waals surface area contributed by atoms with Crippen LogP contribution in [0.15, 0.2) is 28.9 Å². The lowest BCUT2D eigenvalue weighted by atomic mass is 10.1. The Kier molecular flexibility index (Phi) is 4.93. The standard InChI is InChI=1S/C14H18BrN3S/c1-3-19-8-9(2)18-13-5-4-12(16)11-6-10(15)7-17-14(11)13/h4-7,9,18H,3,8,16H2,1-2H3. The SMILES string of the molecule is CCSCC(C)Nc1ccc(N)c2cc(Br)cnc12. The molecule has 1 aromatic carbocycles. The van der Waals surface area contributed by atoms with E-state index in [1.807, 2.05) is 30.0 Å². The molecule has 0 radical (unpaired) electrons. The Morgan fingerprint density at radius 1 is 1.47 bits per heavy atom. The minimum atomic E-state index is 0.405. The van der Waals surface area contributed by atoms with Crippen molar-refractivity contribution in [2.75, 3.05) is 22.6 Å². The van der Waals surface area contributed by atoms with Crippen LogP contribution in [0.2, 0.25) is 0 Å². The lowest BCUT2D eigenvalue weighted by molar-refractivity contribution is 0.914. The van der Waals surface area contributed by atoms with Crippen molar-refractivity contribution in [3.63, 3.8) is 0 Å². The van der Waals surface area contributed by atoms with Crippen molar-refractivity contribution in [1.82, 2.24) is 4.98 Å². The fourth-order valence-electron chi connectivity index (χ4n) is 1.93. The van der Waals surface area contributed by atoms with Gasteiger partial charge in [-0.25, -0.2) is 0 Å². The second kappa shape index (κ2) is 6.48. The third-order valence-electron chi connectivity index (χ3n) is 2.82. The molecule has 0 aliphatic rings. The van der Waals surface area contributed by atoms with Crippen LogP contribution in [0.3, 0.4) is 0 Å². The Morgan fingerprint density at radius 3 is 3.00 bits per heavy atom. The molecule has 1 atom stereocenters. The Bertz CT molecular complexity index is 574. The lowest BCUT2D eigenvalue weighted by Crippen LogP contribution is -2.18. The van der Waals surface area contributed by atoms with Gasteiger partial charge in [-0.05, 0) is 46.8 Å². The van der Waals surface area contributed by atoms with Crippen molar-refractivity contribution in [2.45, 2.75) is 19.9 Å². The summed E-state index contributed by atoms with van der Waals surface area (Å²) >= 11 is 5.37. The molecule has 0 saturated heterocycles. The first-order valence-electron chi connectivity index (χ1n) is 6.29. The maximum absolute atomic E-state index is 6.01. The number of rotatable bonds is 5. The summed E-state index contributed by atoms with van der Waals surface area (Å²) < 4.78 is 0.943. The number of nitrogen functional groups attached to an aromatic ring is 1. The molecule has 1 aromatic heterocycles. The normalized spacial score (nSPS) is 12.6. The first kappa shape index (κ1) is 14.5. The zero-order valence-corrected chi connectivity index (χ0v) is 13.5. The van der Waals surface area contributed by atoms with E-state index in [-0.39, 0.29) is 0 Å². The van der Waals surface area contributed by atoms with E-state index in [9.17, 15) is 0 Å². The monoisotopic (exact) mass is 339 g/mol. The number of fused-ring (bicyclic) bond motifs is 1. The average molecular weight is 340 g/mol. The molecule has 1 heterocycles. The zero-order valence-electron chi connectivity index (χ0n) is 11.1. The van der Waals surface area contributed by atoms with Gasteiger partial charge in [-0.1, -0.05) is 6.92 Å². The summed E-state index contributed by atoms with van der Waals surface area (Å²) in [5.74, 6) is 2.22. The quantitative estimate of drug-likeness (QED) is 0.804. The summed E-state index contributed by atoms with van der Waals surface area (Å²) in [7, 11) is 0. The highest BCUT2D eigenvalue weighted by atomic mass is 79.9. The smallest absolute Gasteiger partial charge is 0.0954 e. The molecular formula is C14H18BrN3S. The molecule has 102 valence electrons. The van der Waals surface area contributed by atoms with E-state index in [4.69, 9.17) is 5.73 Å². The van der Waals surface area contributed by atoms with Gasteiger partial charge >= 0.3 is 0 Å². The van der Waals surface area contributed by atoms with E-state index in [0.29, 0.717) is 6.04 Å². The summed E-state index contributed by atoms with van der Waals surface area (Å²) in [5.41, 5.74) is 8.74. The predicted molar refractivity (Wildman–Crippen MR) is 89.9 cm³/mol. The third-order valence-corrected chi connectivity index (χ3v) is 4.40. The molecule has 5 heteroatoms. The van der Waals surface area contributed by atoms with Gasteiger partial charge in [0.25, 0.3) is 0 Å². The van der Waals surface area contributed by atoms with Crippen molar-refractivity contribution < 1.29 is 0 Å². The van der Waals surface area contributed by atoms with Crippen molar-refractivity contribution >= 4 is 50.0 Å². The molecule has 1 unspecified atom stereocenters. The van der Waals surface area contributed by atoms with Gasteiger partial charge in [0.1, 0.15) is 0 Å². The molecule has 0 fully saturated rings. The van der Waals surface area contributed by atoms with Crippen LogP contribution in [0.1, 0.15) is 13.8 Å². The Morgan fingerprint density at radius 2 is 2.26 bits per heavy atom. The van der Waals surface area contributed by atoms with Crippen molar-refractivity contribution in [3.05, 3.63) is 28.9 Å². The highest BCUT2D eigenvalue weighted by molar-refractivity contribution is 9.10. The summed E-state index contributed by atoms with van der Waals surface area (Å²) in [6, 6.07) is 6.35. The van der Waals surface area contributed by atoms with Gasteiger partial charge in [0.15, 0.2) is 0 Å². The topological polar surface area (TPSA) is 50.9 Å². The van der Waals surface area contributed by atoms with Gasteiger partial charge < -0.3 is 11.1 Å². The fraction of sp³-hybridized carbons (Fsp3) is 0.357. The molecule has 19 heavy (non-hydrogen) atoms. The second-order valence-corrected chi connectivity index (χ2v) is 6.69. The molecule has 0 saturated carbocycles. The largest absolute Gasteiger partial charge is 0.398 e. The molecular weight excluding hydrogens is 322 g/mol. The van der Waals surface area contributed by atoms with Gasteiger partial charge in [-0.3, -0.25) is 4.98 Å². The summed E-state index contributed by atoms with van der Waals surface area (Å²) in [5, 5.41) is 4.49. The Hall–Kier alpha value is -0.940. The fourth-order valence-corrected chi connectivity index (χ4v) is 2.94. The van der Waals surface area contributed by atoms with Gasteiger partial charge in [0, 0.05) is 33.5 Å². The van der Waals surface area contributed by atoms with E-state index in [1.165, 1.54) is 0 Å². The van der Waals surface area contributed by atoms with Gasteiger partial charge in [0.2, 0.25) is 0 Å². The van der Waals surface area contributed by atoms with Crippen LogP contribution in [-0.4, -0.2) is 22.5 Å². The van der Waals surface area contributed by atoms with Gasteiger partial charge in [-0.15, -0.1) is 0 Å². The van der Waals surface area contributed by atoms with E-state index < -0.39 is 0 Å². The zero-order chi connectivity index (χ0) is 13.8. The summed E-state index contributed by atoms with van der Waals surface area (Å²) in [6.07, 6.45) is 1.80. The van der Waals surface area contributed by atoms with E-state index in [1.54, 1.807) is 6.20 Å². The first-order chi connectivity index (χ1) is 9.11. The van der Waals surface area contributed by atoms with Crippen molar-refractivity contribution in [2.24, 2.45) is 0 Å². The third kappa shape index (κ3) is 3.54. The van der Waals surface area contributed by atoms with Crippen molar-refractivity contribution in [1.29, 1.82) is 0 Å². The van der Waals surface area contributed by atoms with E-state index in [0.717, 1.165) is 38.3 Å². The van der Waals surface area contributed by atoms with Crippen LogP contribution in [0.4, 0.5) is 11.4 Å². The van der Waals surface area contributed by atoms with Gasteiger partial charge in [-0.2, -0.15) is 11.8 Å². The molecule has 2 aromatic rings. The van der Waals surface area contributed by atoms with Crippen molar-refractivity contribution in [3.8, 4) is 0 Å². The highest BCUT2D eigenvalue weighted by Gasteiger charge is 2.09. The van der Waals surface area contributed by atoms with Crippen LogP contribution in [0.25, 0.3) is 10.9 Å². The molecule has 0 spiro atoms. The number of nitrogens with two attached hydrogens (primary N) is 1. The highest BCUT2D eigenvalue weighted by Crippen LogP contribution is 2.29. The molecule has 0 aliphatic carbocycles. The van der Waals surface area contributed by atoms with Crippen LogP contribution >= 0.6 is 27.7 Å². The minimum absolute atomic E-state index is 0.405. The molecule has 3 N–H and O–H groups in total. The van der Waals surface area contributed by atoms with E-state index in [2.05, 4.69) is 40.1 Å². The van der Waals surface area contributed by atoms with Crippen LogP contribution in [-0.2, 0) is 0 Å². The van der Waals surface area contributed by atoms with Crippen LogP contribution < -0.4 is 11.1 Å². The molecule has 3 nitrogen and oxygen atoms in total. The maximum Gasteiger partial charge on any atom is 0.0954 e. The molecule has 0 aliphatic heterocycles. The number of anilines is 2. The van der Waals surface area contributed by atoms with Gasteiger partial charge in [0.05, 0.1) is 11.2 Å². The Labute approximate surface area is 126 Å². The number of nitrogens with zero attached hydrogens (tertiary/aromatic N) is 1. The first-order valence-corrected chi connectivity index (χ1v) is 8.24. The molecule has 2 rings (SSSR count). The number of thioether (sulfide) groups is 1. The summed E-state index contributed by atoms with van der Waals surface area (Å²) in [6.45, 7) is 4.36. The number of nitrogens with one attached hydrogen (secondary N) is 1. The second-order valence-electron chi connectivity index (χ2n) is 4.46. The van der Waals surface area contributed by atoms with E-state index >= 15 is 0 Å². The van der Waals surface area contributed by atoms with Crippen LogP contribution in [0, 0.1) is 0 Å². The Balaban J connectivity index is 2.31. The predicted octanol–water partition coefficient (Wildman–Crippen LogP) is 4.13. The number of aromatic nitrogens is 1. The number of pyridine rings is 1. The molecule has 0 bridgehead atoms. The number of hydrogen-bond donors (Lipinski definition) is 2. The number of benzene rings is 1. The summed E-state index contributed by atoms with van der Waals surface area (Å²) in [4.78, 5) is 4.48. The lowest BCUT2D eigenvalue weighted by Gasteiger charge is -2.16. The number of hydrogen-bond acceptors (Lipinski definition) is 4. The van der Waals surface area contributed by atoms with Crippen LogP contribution in [0.5, 0.6) is 0 Å².